The molecule has 0 N–H and O–H groups in total. The summed E-state index contributed by atoms with van der Waals surface area (Å²) in [6.07, 6.45) is 0.146. The van der Waals surface area contributed by atoms with E-state index in [0.29, 0.717) is 17.1 Å². The molecule has 0 aliphatic carbocycles. The van der Waals surface area contributed by atoms with E-state index in [1.807, 2.05) is 33.8 Å². The van der Waals surface area contributed by atoms with Gasteiger partial charge in [0.05, 0.1) is 12.2 Å². The van der Waals surface area contributed by atoms with E-state index in [4.69, 9.17) is 9.47 Å². The summed E-state index contributed by atoms with van der Waals surface area (Å²) in [6.45, 7) is 9.33. The number of hydrogen-bond acceptors (Lipinski definition) is 3. The molecule has 0 spiro atoms. The molecule has 0 bridgehead atoms. The van der Waals surface area contributed by atoms with Crippen molar-refractivity contribution < 1.29 is 14.3 Å². The SMILES string of the molecule is CC(=O)c1cc(OC(C)C)cc(OC(C)C)c1. The third-order valence-electron chi connectivity index (χ3n) is 2.03. The van der Waals surface area contributed by atoms with Crippen LogP contribution >= 0.6 is 0 Å². The van der Waals surface area contributed by atoms with Crippen molar-refractivity contribution in [1.29, 1.82) is 0 Å². The summed E-state index contributed by atoms with van der Waals surface area (Å²) in [7, 11) is 0. The van der Waals surface area contributed by atoms with Gasteiger partial charge < -0.3 is 9.47 Å². The first-order valence-corrected chi connectivity index (χ1v) is 5.88. The number of hydrogen-bond donors (Lipinski definition) is 0. The summed E-state index contributed by atoms with van der Waals surface area (Å²) in [4.78, 5) is 11.4. The Bertz CT molecular complexity index is 366. The fourth-order valence-corrected chi connectivity index (χ4v) is 1.46. The molecule has 0 unspecified atom stereocenters. The average molecular weight is 236 g/mol. The topological polar surface area (TPSA) is 35.5 Å². The predicted octanol–water partition coefficient (Wildman–Crippen LogP) is 3.46. The number of ether oxygens (including phenoxy) is 2. The van der Waals surface area contributed by atoms with Gasteiger partial charge >= 0.3 is 0 Å². The molecular formula is C14H20O3. The Hall–Kier alpha value is -1.51. The number of carbonyl (C=O) groups excluding carboxylic acids is 1. The van der Waals surface area contributed by atoms with Crippen LogP contribution in [0.1, 0.15) is 45.0 Å². The maximum absolute atomic E-state index is 11.4. The third-order valence-corrected chi connectivity index (χ3v) is 2.03. The van der Waals surface area contributed by atoms with Crippen LogP contribution in [-0.2, 0) is 0 Å². The number of Topliss-reactive ketones (excluding diaryl/α,β-unsaturated/α-hetero) is 1. The fraction of sp³-hybridized carbons (Fsp3) is 0.500. The highest BCUT2D eigenvalue weighted by molar-refractivity contribution is 5.94. The zero-order valence-corrected chi connectivity index (χ0v) is 11.1. The minimum atomic E-state index is 0.00723. The molecule has 1 aromatic rings. The van der Waals surface area contributed by atoms with Crippen LogP contribution in [0.2, 0.25) is 0 Å². The largest absolute Gasteiger partial charge is 0.491 e. The summed E-state index contributed by atoms with van der Waals surface area (Å²) in [5.74, 6) is 1.35. The Labute approximate surface area is 103 Å². The molecule has 0 aliphatic rings. The van der Waals surface area contributed by atoms with E-state index in [9.17, 15) is 4.79 Å². The van der Waals surface area contributed by atoms with Crippen LogP contribution < -0.4 is 9.47 Å². The van der Waals surface area contributed by atoms with E-state index in [2.05, 4.69) is 0 Å². The van der Waals surface area contributed by atoms with Gasteiger partial charge in [-0.25, -0.2) is 0 Å². The molecule has 0 saturated carbocycles. The standard InChI is InChI=1S/C14H20O3/c1-9(2)16-13-6-12(11(5)15)7-14(8-13)17-10(3)4/h6-10H,1-5H3. The highest BCUT2D eigenvalue weighted by atomic mass is 16.5. The van der Waals surface area contributed by atoms with Gasteiger partial charge in [0.25, 0.3) is 0 Å². The van der Waals surface area contributed by atoms with Crippen LogP contribution in [0.3, 0.4) is 0 Å². The van der Waals surface area contributed by atoms with Gasteiger partial charge in [0.15, 0.2) is 5.78 Å². The van der Waals surface area contributed by atoms with Gasteiger partial charge in [-0.1, -0.05) is 0 Å². The molecule has 0 aromatic heterocycles. The van der Waals surface area contributed by atoms with E-state index in [1.54, 1.807) is 12.1 Å². The monoisotopic (exact) mass is 236 g/mol. The summed E-state index contributed by atoms with van der Waals surface area (Å²) in [5, 5.41) is 0. The first kappa shape index (κ1) is 13.6. The first-order chi connectivity index (χ1) is 7.88. The maximum atomic E-state index is 11.4. The van der Waals surface area contributed by atoms with Gasteiger partial charge in [-0.3, -0.25) is 4.79 Å². The van der Waals surface area contributed by atoms with Gasteiger partial charge in [0, 0.05) is 11.6 Å². The summed E-state index contributed by atoms with van der Waals surface area (Å²) < 4.78 is 11.2. The molecule has 1 aromatic carbocycles. The van der Waals surface area contributed by atoms with Crippen molar-refractivity contribution in [3.63, 3.8) is 0 Å². The van der Waals surface area contributed by atoms with Crippen LogP contribution in [0.25, 0.3) is 0 Å². The fourth-order valence-electron chi connectivity index (χ4n) is 1.46. The van der Waals surface area contributed by atoms with Crippen molar-refractivity contribution in [2.24, 2.45) is 0 Å². The van der Waals surface area contributed by atoms with Crippen LogP contribution in [0, 0.1) is 0 Å². The predicted molar refractivity (Wildman–Crippen MR) is 68.0 cm³/mol. The van der Waals surface area contributed by atoms with Gasteiger partial charge in [-0.05, 0) is 46.8 Å². The van der Waals surface area contributed by atoms with Crippen LogP contribution in [0.4, 0.5) is 0 Å². The molecule has 0 saturated heterocycles. The molecule has 0 atom stereocenters. The quantitative estimate of drug-likeness (QED) is 0.734. The molecule has 17 heavy (non-hydrogen) atoms. The lowest BCUT2D eigenvalue weighted by atomic mass is 10.1. The molecule has 3 nitrogen and oxygen atoms in total. The molecule has 3 heteroatoms. The van der Waals surface area contributed by atoms with E-state index < -0.39 is 0 Å². The highest BCUT2D eigenvalue weighted by Crippen LogP contribution is 2.25. The van der Waals surface area contributed by atoms with Crippen molar-refractivity contribution in [3.8, 4) is 11.5 Å². The second-order valence-corrected chi connectivity index (χ2v) is 4.58. The van der Waals surface area contributed by atoms with Crippen molar-refractivity contribution in [2.45, 2.75) is 46.8 Å². The van der Waals surface area contributed by atoms with Crippen molar-refractivity contribution in [1.82, 2.24) is 0 Å². The van der Waals surface area contributed by atoms with Crippen molar-refractivity contribution in [3.05, 3.63) is 23.8 Å². The Kier molecular flexibility index (Phi) is 4.55. The lowest BCUT2D eigenvalue weighted by molar-refractivity contribution is 0.101. The molecular weight excluding hydrogens is 216 g/mol. The second-order valence-electron chi connectivity index (χ2n) is 4.58. The molecule has 0 heterocycles. The number of rotatable bonds is 5. The van der Waals surface area contributed by atoms with Crippen molar-refractivity contribution in [2.75, 3.05) is 0 Å². The normalized spacial score (nSPS) is 10.8. The minimum Gasteiger partial charge on any atom is -0.491 e. The highest BCUT2D eigenvalue weighted by Gasteiger charge is 2.08. The van der Waals surface area contributed by atoms with Gasteiger partial charge in [0.1, 0.15) is 11.5 Å². The Morgan fingerprint density at radius 2 is 1.35 bits per heavy atom. The van der Waals surface area contributed by atoms with E-state index in [1.165, 1.54) is 6.92 Å². The van der Waals surface area contributed by atoms with E-state index in [-0.39, 0.29) is 18.0 Å². The second kappa shape index (κ2) is 5.71. The molecule has 0 aliphatic heterocycles. The molecule has 0 amide bonds. The molecule has 0 radical (unpaired) electrons. The van der Waals surface area contributed by atoms with Crippen LogP contribution in [-0.4, -0.2) is 18.0 Å². The smallest absolute Gasteiger partial charge is 0.160 e. The van der Waals surface area contributed by atoms with Crippen LogP contribution in [0.5, 0.6) is 11.5 Å². The van der Waals surface area contributed by atoms with Crippen LogP contribution in [0.15, 0.2) is 18.2 Å². The van der Waals surface area contributed by atoms with E-state index in [0.717, 1.165) is 0 Å². The lowest BCUT2D eigenvalue weighted by Crippen LogP contribution is -2.09. The third kappa shape index (κ3) is 4.47. The molecule has 1 rings (SSSR count). The maximum Gasteiger partial charge on any atom is 0.160 e. The first-order valence-electron chi connectivity index (χ1n) is 5.88. The van der Waals surface area contributed by atoms with Gasteiger partial charge in [0.2, 0.25) is 0 Å². The Morgan fingerprint density at radius 1 is 0.941 bits per heavy atom. The lowest BCUT2D eigenvalue weighted by Gasteiger charge is -2.15. The average Bonchev–Trinajstić information content (AvgIpc) is 2.14. The summed E-state index contributed by atoms with van der Waals surface area (Å²) >= 11 is 0. The molecule has 0 fully saturated rings. The van der Waals surface area contributed by atoms with Gasteiger partial charge in [-0.2, -0.15) is 0 Å². The Balaban J connectivity index is 3.04. The van der Waals surface area contributed by atoms with Crippen molar-refractivity contribution >= 4 is 5.78 Å². The zero-order chi connectivity index (χ0) is 13.0. The summed E-state index contributed by atoms with van der Waals surface area (Å²) in [5.41, 5.74) is 0.610. The Morgan fingerprint density at radius 3 is 1.65 bits per heavy atom. The zero-order valence-electron chi connectivity index (χ0n) is 11.1. The van der Waals surface area contributed by atoms with Gasteiger partial charge in [-0.15, -0.1) is 0 Å². The number of ketones is 1. The number of carbonyl (C=O) groups is 1. The molecule has 94 valence electrons. The number of benzene rings is 1. The minimum absolute atomic E-state index is 0.00723. The summed E-state index contributed by atoms with van der Waals surface area (Å²) in [6, 6.07) is 5.30. The van der Waals surface area contributed by atoms with E-state index >= 15 is 0 Å².